The van der Waals surface area contributed by atoms with E-state index >= 15 is 0 Å². The molecule has 2 N–H and O–H groups in total. The molecule has 1 rings (SSSR count). The largest absolute Gasteiger partial charge is 0.389 e. The standard InChI is InChI=1S/C9H10ClNOS/c1-12-5-7-3-2-6(9(11)13)4-8(7)10/h2-4H,5H2,1H3,(H2,11,13). The van der Waals surface area contributed by atoms with Crippen LogP contribution in [0.2, 0.25) is 5.02 Å². The third-order valence-corrected chi connectivity index (χ3v) is 2.22. The molecule has 70 valence electrons. The monoisotopic (exact) mass is 215 g/mol. The zero-order valence-corrected chi connectivity index (χ0v) is 8.78. The Bertz CT molecular complexity index is 327. The molecule has 13 heavy (non-hydrogen) atoms. The molecule has 0 aromatic heterocycles. The zero-order valence-electron chi connectivity index (χ0n) is 7.21. The maximum atomic E-state index is 5.96. The minimum absolute atomic E-state index is 0.353. The van der Waals surface area contributed by atoms with Gasteiger partial charge in [0.05, 0.1) is 6.61 Å². The van der Waals surface area contributed by atoms with Gasteiger partial charge in [-0.25, -0.2) is 0 Å². The van der Waals surface area contributed by atoms with Crippen LogP contribution in [0.4, 0.5) is 0 Å². The zero-order chi connectivity index (χ0) is 9.84. The molecule has 0 bridgehead atoms. The van der Waals surface area contributed by atoms with Crippen molar-refractivity contribution in [3.8, 4) is 0 Å². The van der Waals surface area contributed by atoms with Crippen molar-refractivity contribution in [2.45, 2.75) is 6.61 Å². The third-order valence-electron chi connectivity index (χ3n) is 1.64. The summed E-state index contributed by atoms with van der Waals surface area (Å²) < 4.78 is 4.96. The number of thiocarbonyl (C=S) groups is 1. The van der Waals surface area contributed by atoms with E-state index in [4.69, 9.17) is 34.3 Å². The lowest BCUT2D eigenvalue weighted by atomic mass is 10.1. The molecule has 0 fully saturated rings. The van der Waals surface area contributed by atoms with Gasteiger partial charge in [0, 0.05) is 17.7 Å². The molecule has 0 unspecified atom stereocenters. The fourth-order valence-electron chi connectivity index (χ4n) is 0.973. The Morgan fingerprint density at radius 2 is 2.31 bits per heavy atom. The summed E-state index contributed by atoms with van der Waals surface area (Å²) in [6.45, 7) is 0.496. The number of benzene rings is 1. The van der Waals surface area contributed by atoms with Crippen LogP contribution in [0.25, 0.3) is 0 Å². The Hall–Kier alpha value is -0.640. The number of hydrogen-bond donors (Lipinski definition) is 1. The molecule has 0 aliphatic carbocycles. The van der Waals surface area contributed by atoms with Crippen molar-refractivity contribution in [1.29, 1.82) is 0 Å². The first-order chi connectivity index (χ1) is 6.15. The van der Waals surface area contributed by atoms with Gasteiger partial charge in [-0.2, -0.15) is 0 Å². The molecule has 0 saturated heterocycles. The Labute approximate surface area is 87.6 Å². The molecular formula is C9H10ClNOS. The second-order valence-electron chi connectivity index (χ2n) is 2.60. The van der Waals surface area contributed by atoms with Crippen molar-refractivity contribution in [1.82, 2.24) is 0 Å². The summed E-state index contributed by atoms with van der Waals surface area (Å²) in [5, 5.41) is 0.632. The molecule has 0 aliphatic heterocycles. The highest BCUT2D eigenvalue weighted by Crippen LogP contribution is 2.18. The Balaban J connectivity index is 2.98. The average Bonchev–Trinajstić information content (AvgIpc) is 2.08. The number of halogens is 1. The molecule has 0 aliphatic rings. The van der Waals surface area contributed by atoms with Crippen molar-refractivity contribution in [2.24, 2.45) is 5.73 Å². The molecule has 0 spiro atoms. The number of nitrogens with two attached hydrogens (primary N) is 1. The van der Waals surface area contributed by atoms with Gasteiger partial charge < -0.3 is 10.5 Å². The van der Waals surface area contributed by atoms with Crippen molar-refractivity contribution in [3.63, 3.8) is 0 Å². The van der Waals surface area contributed by atoms with Crippen molar-refractivity contribution >= 4 is 28.8 Å². The first kappa shape index (κ1) is 10.4. The molecule has 0 heterocycles. The summed E-state index contributed by atoms with van der Waals surface area (Å²) in [7, 11) is 1.62. The van der Waals surface area contributed by atoms with Gasteiger partial charge in [-0.3, -0.25) is 0 Å². The van der Waals surface area contributed by atoms with Gasteiger partial charge in [0.1, 0.15) is 4.99 Å². The van der Waals surface area contributed by atoms with Crippen molar-refractivity contribution in [3.05, 3.63) is 34.3 Å². The van der Waals surface area contributed by atoms with E-state index in [-0.39, 0.29) is 0 Å². The Morgan fingerprint density at radius 1 is 1.62 bits per heavy atom. The van der Waals surface area contributed by atoms with E-state index in [2.05, 4.69) is 0 Å². The predicted octanol–water partition coefficient (Wildman–Crippen LogP) is 2.12. The minimum Gasteiger partial charge on any atom is -0.389 e. The van der Waals surface area contributed by atoms with Crippen LogP contribution in [0.15, 0.2) is 18.2 Å². The first-order valence-electron chi connectivity index (χ1n) is 3.72. The lowest BCUT2D eigenvalue weighted by Gasteiger charge is -2.04. The molecule has 0 atom stereocenters. The van der Waals surface area contributed by atoms with Crippen LogP contribution in [0.5, 0.6) is 0 Å². The van der Waals surface area contributed by atoms with Crippen molar-refractivity contribution < 1.29 is 4.74 Å². The van der Waals surface area contributed by atoms with Gasteiger partial charge in [-0.1, -0.05) is 36.0 Å². The van der Waals surface area contributed by atoms with Crippen LogP contribution in [0.3, 0.4) is 0 Å². The highest BCUT2D eigenvalue weighted by Gasteiger charge is 2.02. The minimum atomic E-state index is 0.353. The lowest BCUT2D eigenvalue weighted by molar-refractivity contribution is 0.185. The van der Waals surface area contributed by atoms with Crippen molar-refractivity contribution in [2.75, 3.05) is 7.11 Å². The number of methoxy groups -OCH3 is 1. The van der Waals surface area contributed by atoms with Gasteiger partial charge in [-0.05, 0) is 11.6 Å². The summed E-state index contributed by atoms with van der Waals surface area (Å²) >= 11 is 10.8. The van der Waals surface area contributed by atoms with Gasteiger partial charge >= 0.3 is 0 Å². The van der Waals surface area contributed by atoms with E-state index in [9.17, 15) is 0 Å². The summed E-state index contributed by atoms with van der Waals surface area (Å²) in [4.78, 5) is 0.353. The summed E-state index contributed by atoms with van der Waals surface area (Å²) in [6.07, 6.45) is 0. The predicted molar refractivity (Wildman–Crippen MR) is 58.1 cm³/mol. The third kappa shape index (κ3) is 2.66. The first-order valence-corrected chi connectivity index (χ1v) is 4.51. The normalized spacial score (nSPS) is 10.0. The van der Waals surface area contributed by atoms with Crippen LogP contribution in [0, 0.1) is 0 Å². The van der Waals surface area contributed by atoms with Crippen LogP contribution in [0.1, 0.15) is 11.1 Å². The smallest absolute Gasteiger partial charge is 0.104 e. The van der Waals surface area contributed by atoms with E-state index < -0.39 is 0 Å². The maximum Gasteiger partial charge on any atom is 0.104 e. The van der Waals surface area contributed by atoms with E-state index in [0.29, 0.717) is 16.6 Å². The second kappa shape index (κ2) is 4.56. The number of rotatable bonds is 3. The Morgan fingerprint density at radius 3 is 2.77 bits per heavy atom. The van der Waals surface area contributed by atoms with Crippen LogP contribution in [-0.4, -0.2) is 12.1 Å². The van der Waals surface area contributed by atoms with E-state index in [1.54, 1.807) is 13.2 Å². The highest BCUT2D eigenvalue weighted by molar-refractivity contribution is 7.80. The maximum absolute atomic E-state index is 5.96. The van der Waals surface area contributed by atoms with E-state index in [1.165, 1.54) is 0 Å². The molecule has 0 saturated carbocycles. The molecule has 1 aromatic rings. The number of hydrogen-bond acceptors (Lipinski definition) is 2. The fourth-order valence-corrected chi connectivity index (χ4v) is 1.34. The quantitative estimate of drug-likeness (QED) is 0.785. The number of ether oxygens (including phenoxy) is 1. The molecule has 0 radical (unpaired) electrons. The second-order valence-corrected chi connectivity index (χ2v) is 3.45. The molecule has 0 amide bonds. The van der Waals surface area contributed by atoms with Gasteiger partial charge in [0.25, 0.3) is 0 Å². The van der Waals surface area contributed by atoms with Crippen LogP contribution < -0.4 is 5.73 Å². The van der Waals surface area contributed by atoms with Crippen LogP contribution in [-0.2, 0) is 11.3 Å². The van der Waals surface area contributed by atoms with Gasteiger partial charge in [0.2, 0.25) is 0 Å². The van der Waals surface area contributed by atoms with Crippen LogP contribution >= 0.6 is 23.8 Å². The summed E-state index contributed by atoms with van der Waals surface area (Å²) in [6, 6.07) is 5.45. The molecule has 2 nitrogen and oxygen atoms in total. The highest BCUT2D eigenvalue weighted by atomic mass is 35.5. The lowest BCUT2D eigenvalue weighted by Crippen LogP contribution is -2.09. The topological polar surface area (TPSA) is 35.2 Å². The average molecular weight is 216 g/mol. The summed E-state index contributed by atoms with van der Waals surface area (Å²) in [5.74, 6) is 0. The van der Waals surface area contributed by atoms with Gasteiger partial charge in [-0.15, -0.1) is 0 Å². The molecule has 4 heteroatoms. The summed E-state index contributed by atoms with van der Waals surface area (Å²) in [5.41, 5.74) is 7.16. The van der Waals surface area contributed by atoms with Gasteiger partial charge in [0.15, 0.2) is 0 Å². The Kier molecular flexibility index (Phi) is 3.66. The fraction of sp³-hybridized carbons (Fsp3) is 0.222. The SMILES string of the molecule is COCc1ccc(C(N)=S)cc1Cl. The molecular weight excluding hydrogens is 206 g/mol. The van der Waals surface area contributed by atoms with E-state index in [1.807, 2.05) is 12.1 Å². The molecule has 1 aromatic carbocycles. The van der Waals surface area contributed by atoms with E-state index in [0.717, 1.165) is 11.1 Å².